The minimum atomic E-state index is -4.87. The van der Waals surface area contributed by atoms with Crippen molar-refractivity contribution in [1.29, 1.82) is 0 Å². The summed E-state index contributed by atoms with van der Waals surface area (Å²) >= 11 is 0. The van der Waals surface area contributed by atoms with E-state index in [1.165, 1.54) is 0 Å². The van der Waals surface area contributed by atoms with Gasteiger partial charge in [-0.3, -0.25) is 0 Å². The van der Waals surface area contributed by atoms with Crippen LogP contribution in [0.1, 0.15) is 11.1 Å². The van der Waals surface area contributed by atoms with Gasteiger partial charge in [0.15, 0.2) is 0 Å². The zero-order valence-corrected chi connectivity index (χ0v) is 9.75. The average molecular weight is 307 g/mol. The molecule has 0 aromatic heterocycles. The first-order chi connectivity index (χ1) is 9.04. The lowest BCUT2D eigenvalue weighted by Crippen LogP contribution is -2.38. The molecule has 9 heteroatoms. The average Bonchev–Trinajstić information content (AvgIpc) is 2.29. The molecule has 0 unspecified atom stereocenters. The van der Waals surface area contributed by atoms with E-state index in [-0.39, 0.29) is 6.07 Å². The Morgan fingerprint density at radius 3 is 2.15 bits per heavy atom. The fourth-order valence-electron chi connectivity index (χ4n) is 1.41. The van der Waals surface area contributed by atoms with Gasteiger partial charge in [0.05, 0.1) is 12.1 Å². The molecule has 0 aliphatic carbocycles. The van der Waals surface area contributed by atoms with Crippen LogP contribution < -0.4 is 5.32 Å². The smallest absolute Gasteiger partial charge is 0.307 e. The summed E-state index contributed by atoms with van der Waals surface area (Å²) in [5.41, 5.74) is -1.85. The minimum Gasteiger partial charge on any atom is -0.307 e. The summed E-state index contributed by atoms with van der Waals surface area (Å²) < 4.78 is 99.2. The second kappa shape index (κ2) is 5.94. The molecule has 0 amide bonds. The van der Waals surface area contributed by atoms with Crippen molar-refractivity contribution in [2.75, 3.05) is 6.54 Å². The highest BCUT2D eigenvalue weighted by molar-refractivity contribution is 5.30. The van der Waals surface area contributed by atoms with Gasteiger partial charge in [-0.2, -0.15) is 22.0 Å². The van der Waals surface area contributed by atoms with Crippen LogP contribution in [0.4, 0.5) is 35.1 Å². The Morgan fingerprint density at radius 2 is 1.65 bits per heavy atom. The van der Waals surface area contributed by atoms with E-state index in [1.807, 2.05) is 0 Å². The Balaban J connectivity index is 2.79. The third kappa shape index (κ3) is 4.32. The molecule has 0 aliphatic rings. The van der Waals surface area contributed by atoms with Gasteiger partial charge in [-0.25, -0.2) is 13.2 Å². The summed E-state index contributed by atoms with van der Waals surface area (Å²) in [5, 5.41) is 1.80. The zero-order chi connectivity index (χ0) is 15.6. The molecular weight excluding hydrogens is 298 g/mol. The van der Waals surface area contributed by atoms with Gasteiger partial charge in [0.1, 0.15) is 5.82 Å². The van der Waals surface area contributed by atoms with Gasteiger partial charge in [-0.1, -0.05) is 6.07 Å². The Kier molecular flexibility index (Phi) is 4.95. The summed E-state index contributed by atoms with van der Waals surface area (Å²) in [5.74, 6) is -5.49. The Bertz CT molecular complexity index is 454. The van der Waals surface area contributed by atoms with Crippen molar-refractivity contribution in [1.82, 2.24) is 5.32 Å². The van der Waals surface area contributed by atoms with Gasteiger partial charge in [-0.15, -0.1) is 0 Å². The van der Waals surface area contributed by atoms with Gasteiger partial charge in [0, 0.05) is 6.54 Å². The van der Waals surface area contributed by atoms with E-state index in [9.17, 15) is 35.1 Å². The predicted molar refractivity (Wildman–Crippen MR) is 54.1 cm³/mol. The van der Waals surface area contributed by atoms with E-state index in [0.717, 1.165) is 12.1 Å². The van der Waals surface area contributed by atoms with Crippen LogP contribution in [0.25, 0.3) is 0 Å². The molecule has 0 aliphatic heterocycles. The van der Waals surface area contributed by atoms with Crippen LogP contribution in [0.3, 0.4) is 0 Å². The third-order valence-corrected chi connectivity index (χ3v) is 2.37. The zero-order valence-electron chi connectivity index (χ0n) is 9.75. The van der Waals surface area contributed by atoms with E-state index in [4.69, 9.17) is 0 Å². The maximum atomic E-state index is 12.8. The summed E-state index contributed by atoms with van der Waals surface area (Å²) in [6.45, 7) is -2.23. The van der Waals surface area contributed by atoms with Gasteiger partial charge in [0.25, 0.3) is 0 Å². The third-order valence-electron chi connectivity index (χ3n) is 2.37. The Labute approximate surface area is 108 Å². The van der Waals surface area contributed by atoms with Crippen LogP contribution in [0.2, 0.25) is 0 Å². The predicted octanol–water partition coefficient (Wildman–Crippen LogP) is 3.83. The van der Waals surface area contributed by atoms with Gasteiger partial charge < -0.3 is 5.32 Å². The second-order valence-electron chi connectivity index (χ2n) is 3.96. The fourth-order valence-corrected chi connectivity index (χ4v) is 1.41. The van der Waals surface area contributed by atoms with Crippen molar-refractivity contribution in [2.24, 2.45) is 0 Å². The molecule has 0 radical (unpaired) electrons. The van der Waals surface area contributed by atoms with Crippen molar-refractivity contribution in [3.05, 3.63) is 35.1 Å². The molecular formula is C11H9F8N. The first kappa shape index (κ1) is 16.7. The number of rotatable bonds is 5. The van der Waals surface area contributed by atoms with Crippen LogP contribution in [-0.4, -0.2) is 18.9 Å². The van der Waals surface area contributed by atoms with E-state index >= 15 is 0 Å². The molecule has 20 heavy (non-hydrogen) atoms. The number of alkyl halides is 7. The lowest BCUT2D eigenvalue weighted by molar-refractivity contribution is -0.138. The van der Waals surface area contributed by atoms with Gasteiger partial charge >= 0.3 is 18.5 Å². The maximum absolute atomic E-state index is 12.8. The van der Waals surface area contributed by atoms with Crippen LogP contribution in [0.5, 0.6) is 0 Å². The molecule has 1 N–H and O–H groups in total. The topological polar surface area (TPSA) is 12.0 Å². The highest BCUT2D eigenvalue weighted by Crippen LogP contribution is 2.32. The standard InChI is InChI=1S/C11H9F8N/c12-7-2-1-6(8(3-7)11(17,18)19)4-20-5-10(15,16)9(13)14/h1-3,9,20H,4-5H2. The van der Waals surface area contributed by atoms with Gasteiger partial charge in [-0.05, 0) is 17.7 Å². The first-order valence-electron chi connectivity index (χ1n) is 5.26. The lowest BCUT2D eigenvalue weighted by Gasteiger charge is -2.17. The number of hydrogen-bond acceptors (Lipinski definition) is 1. The van der Waals surface area contributed by atoms with Crippen molar-refractivity contribution < 1.29 is 35.1 Å². The van der Waals surface area contributed by atoms with Crippen LogP contribution in [0.15, 0.2) is 18.2 Å². The number of benzene rings is 1. The molecule has 0 heterocycles. The normalized spacial score (nSPS) is 13.1. The summed E-state index contributed by atoms with van der Waals surface area (Å²) in [7, 11) is 0. The first-order valence-corrected chi connectivity index (χ1v) is 5.26. The van der Waals surface area contributed by atoms with E-state index in [0.29, 0.717) is 0 Å². The molecule has 114 valence electrons. The molecule has 0 saturated heterocycles. The highest BCUT2D eigenvalue weighted by Gasteiger charge is 2.40. The second-order valence-corrected chi connectivity index (χ2v) is 3.96. The van der Waals surface area contributed by atoms with E-state index in [1.54, 1.807) is 5.32 Å². The molecule has 1 nitrogen and oxygen atoms in total. The quantitative estimate of drug-likeness (QED) is 0.815. The number of nitrogens with one attached hydrogen (secondary N) is 1. The molecule has 0 bridgehead atoms. The van der Waals surface area contributed by atoms with Crippen LogP contribution in [0, 0.1) is 5.82 Å². The maximum Gasteiger partial charge on any atom is 0.416 e. The largest absolute Gasteiger partial charge is 0.416 e. The van der Waals surface area contributed by atoms with E-state index < -0.39 is 48.6 Å². The molecule has 1 aromatic carbocycles. The SMILES string of the molecule is Fc1ccc(CNCC(F)(F)C(F)F)c(C(F)(F)F)c1. The van der Waals surface area contributed by atoms with Crippen LogP contribution >= 0.6 is 0 Å². The van der Waals surface area contributed by atoms with Crippen LogP contribution in [-0.2, 0) is 12.7 Å². The van der Waals surface area contributed by atoms with Crippen molar-refractivity contribution >= 4 is 0 Å². The lowest BCUT2D eigenvalue weighted by atomic mass is 10.1. The fraction of sp³-hybridized carbons (Fsp3) is 0.455. The number of halogens is 8. The minimum absolute atomic E-state index is 0.211. The monoisotopic (exact) mass is 307 g/mol. The molecule has 0 atom stereocenters. The van der Waals surface area contributed by atoms with Gasteiger partial charge in [0.2, 0.25) is 0 Å². The van der Waals surface area contributed by atoms with Crippen molar-refractivity contribution in [3.63, 3.8) is 0 Å². The molecule has 1 rings (SSSR count). The van der Waals surface area contributed by atoms with Crippen molar-refractivity contribution in [2.45, 2.75) is 25.1 Å². The van der Waals surface area contributed by atoms with E-state index in [2.05, 4.69) is 0 Å². The molecule has 1 aromatic rings. The summed E-state index contributed by atoms with van der Waals surface area (Å²) in [6, 6.07) is 1.69. The molecule has 0 fully saturated rings. The molecule has 0 spiro atoms. The highest BCUT2D eigenvalue weighted by atomic mass is 19.4. The Morgan fingerprint density at radius 1 is 1.05 bits per heavy atom. The summed E-state index contributed by atoms with van der Waals surface area (Å²) in [4.78, 5) is 0. The summed E-state index contributed by atoms with van der Waals surface area (Å²) in [6.07, 6.45) is -8.80. The number of hydrogen-bond donors (Lipinski definition) is 1. The van der Waals surface area contributed by atoms with Crippen molar-refractivity contribution in [3.8, 4) is 0 Å². The Hall–Kier alpha value is -1.38. The molecule has 0 saturated carbocycles.